The van der Waals surface area contributed by atoms with Crippen LogP contribution < -0.4 is 0 Å². The first-order valence-electron chi connectivity index (χ1n) is 5.79. The summed E-state index contributed by atoms with van der Waals surface area (Å²) in [6.07, 6.45) is -4.71. The lowest BCUT2D eigenvalue weighted by Crippen LogP contribution is -2.19. The van der Waals surface area contributed by atoms with Crippen molar-refractivity contribution in [2.45, 2.75) is 32.0 Å². The summed E-state index contributed by atoms with van der Waals surface area (Å²) in [5.41, 5.74) is 0.0555. The fourth-order valence-corrected chi connectivity index (χ4v) is 2.23. The number of halogens is 2. The van der Waals surface area contributed by atoms with Gasteiger partial charge in [-0.3, -0.25) is 4.79 Å². The number of rotatable bonds is 6. The number of hydrogen-bond donors (Lipinski definition) is 2. The van der Waals surface area contributed by atoms with Gasteiger partial charge in [-0.15, -0.1) is 0 Å². The van der Waals surface area contributed by atoms with E-state index >= 15 is 0 Å². The van der Waals surface area contributed by atoms with Gasteiger partial charge < -0.3 is 10.2 Å². The van der Waals surface area contributed by atoms with Gasteiger partial charge in [-0.05, 0) is 18.1 Å². The second-order valence-corrected chi connectivity index (χ2v) is 5.38. The number of aliphatic hydroxyl groups is 2. The topological polar surface area (TPSA) is 57.5 Å². The Morgan fingerprint density at radius 3 is 2.53 bits per heavy atom. The Kier molecular flexibility index (Phi) is 6.41. The van der Waals surface area contributed by atoms with Gasteiger partial charge in [-0.2, -0.15) is 0 Å². The summed E-state index contributed by atoms with van der Waals surface area (Å²) in [5, 5.41) is 19.6. The highest BCUT2D eigenvalue weighted by Crippen LogP contribution is 2.25. The molecule has 0 aromatic heterocycles. The number of carbonyl (C=O) groups is 1. The zero-order valence-electron chi connectivity index (χ0n) is 10.4. The Morgan fingerprint density at radius 2 is 1.95 bits per heavy atom. The molecule has 0 saturated carbocycles. The van der Waals surface area contributed by atoms with Crippen molar-refractivity contribution >= 4 is 16.9 Å². The van der Waals surface area contributed by atoms with Gasteiger partial charge >= 0.3 is 0 Å². The molecule has 3 nitrogen and oxygen atoms in total. The smallest absolute Gasteiger partial charge is 0.263 e. The molecule has 0 aliphatic heterocycles. The van der Waals surface area contributed by atoms with Gasteiger partial charge in [0.15, 0.2) is 5.12 Å². The summed E-state index contributed by atoms with van der Waals surface area (Å²) in [5.74, 6) is 0.377. The van der Waals surface area contributed by atoms with Gasteiger partial charge in [0.25, 0.3) is 6.43 Å². The predicted molar refractivity (Wildman–Crippen MR) is 70.1 cm³/mol. The van der Waals surface area contributed by atoms with Gasteiger partial charge in [0.05, 0.1) is 6.10 Å². The molecule has 19 heavy (non-hydrogen) atoms. The van der Waals surface area contributed by atoms with Crippen LogP contribution in [0.4, 0.5) is 8.78 Å². The average molecular weight is 290 g/mol. The van der Waals surface area contributed by atoms with Crippen molar-refractivity contribution in [2.24, 2.45) is 0 Å². The van der Waals surface area contributed by atoms with Crippen LogP contribution in [0.1, 0.15) is 37.0 Å². The maximum Gasteiger partial charge on any atom is 0.263 e. The highest BCUT2D eigenvalue weighted by atomic mass is 32.2. The molecule has 0 aliphatic carbocycles. The lowest BCUT2D eigenvalue weighted by molar-refractivity contribution is -0.109. The van der Waals surface area contributed by atoms with Crippen LogP contribution in [0.3, 0.4) is 0 Å². The minimum atomic E-state index is -2.61. The van der Waals surface area contributed by atoms with E-state index in [1.165, 1.54) is 31.2 Å². The number of thioether (sulfide) groups is 1. The van der Waals surface area contributed by atoms with E-state index in [-0.39, 0.29) is 22.7 Å². The minimum absolute atomic E-state index is 0.0682. The highest BCUT2D eigenvalue weighted by molar-refractivity contribution is 8.13. The molecule has 0 fully saturated rings. The summed E-state index contributed by atoms with van der Waals surface area (Å²) in [6.45, 7) is 1.42. The van der Waals surface area contributed by atoms with Gasteiger partial charge in [0, 0.05) is 18.2 Å². The maximum atomic E-state index is 12.5. The fraction of sp³-hybridized carbons (Fsp3) is 0.462. The zero-order chi connectivity index (χ0) is 14.4. The van der Waals surface area contributed by atoms with Crippen molar-refractivity contribution in [3.05, 3.63) is 35.4 Å². The van der Waals surface area contributed by atoms with E-state index in [1.54, 1.807) is 0 Å². The van der Waals surface area contributed by atoms with Crippen molar-refractivity contribution < 1.29 is 23.8 Å². The molecule has 0 radical (unpaired) electrons. The SMILES string of the molecule is CC(=O)SCCC(O)C(O)c1cccc(C(F)F)c1. The van der Waals surface area contributed by atoms with Crippen LogP contribution in [0.2, 0.25) is 0 Å². The molecule has 2 atom stereocenters. The first-order chi connectivity index (χ1) is 8.91. The molecule has 2 N–H and O–H groups in total. The second kappa shape index (κ2) is 7.57. The van der Waals surface area contributed by atoms with E-state index in [0.717, 1.165) is 11.8 Å². The van der Waals surface area contributed by atoms with E-state index in [2.05, 4.69) is 0 Å². The maximum absolute atomic E-state index is 12.5. The third kappa shape index (κ3) is 5.26. The van der Waals surface area contributed by atoms with Gasteiger partial charge in [-0.1, -0.05) is 30.0 Å². The van der Waals surface area contributed by atoms with Crippen molar-refractivity contribution in [1.29, 1.82) is 0 Å². The van der Waals surface area contributed by atoms with Crippen LogP contribution >= 0.6 is 11.8 Å². The van der Waals surface area contributed by atoms with E-state index < -0.39 is 18.6 Å². The molecule has 2 unspecified atom stereocenters. The van der Waals surface area contributed by atoms with Crippen molar-refractivity contribution in [1.82, 2.24) is 0 Å². The summed E-state index contributed by atoms with van der Waals surface area (Å²) in [4.78, 5) is 10.7. The molecule has 0 heterocycles. The molecule has 106 valence electrons. The van der Waals surface area contributed by atoms with E-state index in [1.807, 2.05) is 0 Å². The minimum Gasteiger partial charge on any atom is -0.390 e. The number of benzene rings is 1. The monoisotopic (exact) mass is 290 g/mol. The van der Waals surface area contributed by atoms with Crippen LogP contribution in [-0.4, -0.2) is 27.2 Å². The summed E-state index contributed by atoms with van der Waals surface area (Å²) >= 11 is 1.05. The quantitative estimate of drug-likeness (QED) is 0.845. The van der Waals surface area contributed by atoms with E-state index in [4.69, 9.17) is 0 Å². The number of carbonyl (C=O) groups excluding carboxylic acids is 1. The first-order valence-corrected chi connectivity index (χ1v) is 6.78. The normalized spacial score (nSPS) is 14.4. The lowest BCUT2D eigenvalue weighted by Gasteiger charge is -2.18. The van der Waals surface area contributed by atoms with Crippen molar-refractivity contribution in [3.8, 4) is 0 Å². The van der Waals surface area contributed by atoms with Crippen LogP contribution in [0.15, 0.2) is 24.3 Å². The Morgan fingerprint density at radius 1 is 1.32 bits per heavy atom. The van der Waals surface area contributed by atoms with E-state index in [0.29, 0.717) is 5.75 Å². The summed E-state index contributed by atoms with van der Waals surface area (Å²) in [7, 11) is 0. The molecule has 0 bridgehead atoms. The third-order valence-corrected chi connectivity index (χ3v) is 3.43. The molecular formula is C13H16F2O3S. The summed E-state index contributed by atoms with van der Waals surface area (Å²) in [6, 6.07) is 5.34. The Balaban J connectivity index is 2.63. The molecule has 6 heteroatoms. The molecule has 0 aliphatic rings. The van der Waals surface area contributed by atoms with Gasteiger partial charge in [-0.25, -0.2) is 8.78 Å². The van der Waals surface area contributed by atoms with Crippen LogP contribution in [0.25, 0.3) is 0 Å². The molecule has 0 spiro atoms. The van der Waals surface area contributed by atoms with E-state index in [9.17, 15) is 23.8 Å². The average Bonchev–Trinajstić information content (AvgIpc) is 2.37. The van der Waals surface area contributed by atoms with Crippen LogP contribution in [0, 0.1) is 0 Å². The van der Waals surface area contributed by atoms with Crippen LogP contribution in [0.5, 0.6) is 0 Å². The Labute approximate surface area is 114 Å². The lowest BCUT2D eigenvalue weighted by atomic mass is 10.0. The Hall–Kier alpha value is -0.980. The molecule has 0 saturated heterocycles. The standard InChI is InChI=1S/C13H16F2O3S/c1-8(16)19-6-5-11(17)12(18)9-3-2-4-10(7-9)13(14)15/h2-4,7,11-13,17-18H,5-6H2,1H3. The fourth-order valence-electron chi connectivity index (χ4n) is 1.58. The number of hydrogen-bond acceptors (Lipinski definition) is 4. The number of alkyl halides is 2. The van der Waals surface area contributed by atoms with Crippen molar-refractivity contribution in [3.63, 3.8) is 0 Å². The number of aliphatic hydroxyl groups excluding tert-OH is 2. The van der Waals surface area contributed by atoms with Crippen molar-refractivity contribution in [2.75, 3.05) is 5.75 Å². The zero-order valence-corrected chi connectivity index (χ0v) is 11.2. The molecular weight excluding hydrogens is 274 g/mol. The largest absolute Gasteiger partial charge is 0.390 e. The molecule has 0 amide bonds. The molecule has 1 aromatic carbocycles. The van der Waals surface area contributed by atoms with Crippen LogP contribution in [-0.2, 0) is 4.79 Å². The Bertz CT molecular complexity index is 426. The summed E-state index contributed by atoms with van der Waals surface area (Å²) < 4.78 is 25.0. The van der Waals surface area contributed by atoms with Gasteiger partial charge in [0.2, 0.25) is 0 Å². The predicted octanol–water partition coefficient (Wildman–Crippen LogP) is 2.69. The van der Waals surface area contributed by atoms with Gasteiger partial charge in [0.1, 0.15) is 6.10 Å². The highest BCUT2D eigenvalue weighted by Gasteiger charge is 2.19. The molecule has 1 rings (SSSR count). The molecule has 1 aromatic rings. The third-order valence-electron chi connectivity index (χ3n) is 2.59. The first kappa shape index (κ1) is 16.1. The second-order valence-electron chi connectivity index (χ2n) is 4.11.